The summed E-state index contributed by atoms with van der Waals surface area (Å²) in [6.45, 7) is -1.49. The number of carbonyl (C=O) groups excluding carboxylic acids is 1. The van der Waals surface area contributed by atoms with Gasteiger partial charge in [0.15, 0.2) is 11.5 Å². The second-order valence-electron chi connectivity index (χ2n) is 5.66. The van der Waals surface area contributed by atoms with Gasteiger partial charge in [0.2, 0.25) is 10.0 Å². The number of nitrogens with zero attached hydrogens (tertiary/aromatic N) is 3. The van der Waals surface area contributed by atoms with Crippen LogP contribution in [0.4, 0.5) is 27.8 Å². The molecule has 0 unspecified atom stereocenters. The van der Waals surface area contributed by atoms with Gasteiger partial charge in [-0.05, 0) is 17.7 Å². The molecular formula is C16H13ClF5N3O4S. The molecule has 1 aromatic carbocycles. The molecule has 164 valence electrons. The summed E-state index contributed by atoms with van der Waals surface area (Å²) < 4.78 is 96.3. The molecule has 0 bridgehead atoms. The van der Waals surface area contributed by atoms with Crippen molar-refractivity contribution in [3.05, 3.63) is 52.4 Å². The van der Waals surface area contributed by atoms with E-state index in [1.54, 1.807) is 0 Å². The number of esters is 1. The average molecular weight is 474 g/mol. The highest BCUT2D eigenvalue weighted by atomic mass is 35.5. The summed E-state index contributed by atoms with van der Waals surface area (Å²) in [5.74, 6) is -3.38. The van der Waals surface area contributed by atoms with Crippen molar-refractivity contribution in [2.45, 2.75) is 18.4 Å². The quantitative estimate of drug-likeness (QED) is 0.451. The van der Waals surface area contributed by atoms with E-state index < -0.39 is 68.6 Å². The first-order valence-electron chi connectivity index (χ1n) is 7.91. The molecule has 0 aliphatic carbocycles. The molecule has 0 fully saturated rings. The van der Waals surface area contributed by atoms with Gasteiger partial charge in [0.25, 0.3) is 6.43 Å². The Morgan fingerprint density at radius 3 is 2.43 bits per heavy atom. The number of benzene rings is 1. The van der Waals surface area contributed by atoms with Crippen LogP contribution in [0.5, 0.6) is 0 Å². The Morgan fingerprint density at radius 1 is 1.23 bits per heavy atom. The minimum absolute atomic E-state index is 0.0143. The number of hydrogen-bond acceptors (Lipinski definition) is 6. The molecule has 1 heterocycles. The van der Waals surface area contributed by atoms with Crippen LogP contribution in [0.2, 0.25) is 5.02 Å². The molecule has 30 heavy (non-hydrogen) atoms. The SMILES string of the molecule is COC(=O)c1nccnc1N(CC(F)F)S(=O)(=O)Cc1c(Cl)cccc1C(F)(F)F. The van der Waals surface area contributed by atoms with Crippen LogP contribution in [0, 0.1) is 0 Å². The Bertz CT molecular complexity index is 1030. The zero-order chi connectivity index (χ0) is 22.7. The van der Waals surface area contributed by atoms with Crippen LogP contribution in [0.1, 0.15) is 21.6 Å². The molecule has 0 aliphatic rings. The van der Waals surface area contributed by atoms with E-state index in [4.69, 9.17) is 11.6 Å². The normalized spacial score (nSPS) is 12.1. The number of halogens is 6. The third kappa shape index (κ3) is 5.33. The molecular weight excluding hydrogens is 461 g/mol. The van der Waals surface area contributed by atoms with Crippen molar-refractivity contribution in [3.8, 4) is 0 Å². The smallest absolute Gasteiger partial charge is 0.416 e. The van der Waals surface area contributed by atoms with Crippen LogP contribution in [0.25, 0.3) is 0 Å². The lowest BCUT2D eigenvalue weighted by Gasteiger charge is -2.25. The third-order valence-electron chi connectivity index (χ3n) is 3.68. The Balaban J connectivity index is 2.62. The summed E-state index contributed by atoms with van der Waals surface area (Å²) in [7, 11) is -4.00. The number of methoxy groups -OCH3 is 1. The largest absolute Gasteiger partial charge is 0.464 e. The Labute approximate surface area is 172 Å². The Hall–Kier alpha value is -2.54. The van der Waals surface area contributed by atoms with Crippen molar-refractivity contribution >= 4 is 33.4 Å². The van der Waals surface area contributed by atoms with Gasteiger partial charge < -0.3 is 4.74 Å². The molecule has 7 nitrogen and oxygen atoms in total. The van der Waals surface area contributed by atoms with E-state index in [1.807, 2.05) is 0 Å². The number of ether oxygens (including phenoxy) is 1. The minimum Gasteiger partial charge on any atom is -0.464 e. The zero-order valence-corrected chi connectivity index (χ0v) is 16.6. The van der Waals surface area contributed by atoms with E-state index in [1.165, 1.54) is 0 Å². The van der Waals surface area contributed by atoms with Gasteiger partial charge in [0.05, 0.1) is 25.0 Å². The van der Waals surface area contributed by atoms with Crippen molar-refractivity contribution in [2.75, 3.05) is 18.0 Å². The van der Waals surface area contributed by atoms with Gasteiger partial charge in [0.1, 0.15) is 0 Å². The van der Waals surface area contributed by atoms with Crippen LogP contribution < -0.4 is 4.31 Å². The first kappa shape index (κ1) is 23.7. The topological polar surface area (TPSA) is 89.5 Å². The predicted octanol–water partition coefficient (Wildman–Crippen LogP) is 3.54. The molecule has 0 amide bonds. The fraction of sp³-hybridized carbons (Fsp3) is 0.312. The lowest BCUT2D eigenvalue weighted by molar-refractivity contribution is -0.138. The summed E-state index contributed by atoms with van der Waals surface area (Å²) in [5.41, 5.74) is -2.89. The molecule has 1 aromatic heterocycles. The number of anilines is 1. The standard InChI is InChI=1S/C16H13ClF5N3O4S/c1-29-15(26)13-14(24-6-5-23-13)25(7-12(18)19)30(27,28)8-9-10(16(20,21)22)3-2-4-11(9)17/h2-6,12H,7-8H2,1H3. The molecule has 0 N–H and O–H groups in total. The third-order valence-corrected chi connectivity index (χ3v) is 5.69. The minimum atomic E-state index is -4.95. The van der Waals surface area contributed by atoms with Gasteiger partial charge in [-0.1, -0.05) is 17.7 Å². The van der Waals surface area contributed by atoms with Crippen LogP contribution in [0.3, 0.4) is 0 Å². The van der Waals surface area contributed by atoms with Gasteiger partial charge >= 0.3 is 12.1 Å². The Morgan fingerprint density at radius 2 is 1.87 bits per heavy atom. The maximum Gasteiger partial charge on any atom is 0.416 e. The summed E-state index contributed by atoms with van der Waals surface area (Å²) in [4.78, 5) is 19.0. The van der Waals surface area contributed by atoms with Crippen molar-refractivity contribution < 1.29 is 39.9 Å². The number of carbonyl (C=O) groups is 1. The van der Waals surface area contributed by atoms with E-state index in [0.29, 0.717) is 6.07 Å². The van der Waals surface area contributed by atoms with E-state index in [9.17, 15) is 35.2 Å². The molecule has 2 rings (SSSR count). The van der Waals surface area contributed by atoms with Gasteiger partial charge in [-0.3, -0.25) is 0 Å². The molecule has 0 saturated heterocycles. The summed E-state index contributed by atoms with van der Waals surface area (Å²) in [5, 5.41) is -0.530. The lowest BCUT2D eigenvalue weighted by atomic mass is 10.1. The number of rotatable bonds is 7. The van der Waals surface area contributed by atoms with Crippen LogP contribution >= 0.6 is 11.6 Å². The summed E-state index contributed by atoms with van der Waals surface area (Å²) >= 11 is 5.77. The van der Waals surface area contributed by atoms with Crippen molar-refractivity contribution in [2.24, 2.45) is 0 Å². The fourth-order valence-electron chi connectivity index (χ4n) is 2.44. The zero-order valence-electron chi connectivity index (χ0n) is 15.0. The second-order valence-corrected chi connectivity index (χ2v) is 7.96. The fourth-order valence-corrected chi connectivity index (χ4v) is 4.33. The predicted molar refractivity (Wildman–Crippen MR) is 95.8 cm³/mol. The highest BCUT2D eigenvalue weighted by molar-refractivity contribution is 7.92. The number of sulfonamides is 1. The number of aromatic nitrogens is 2. The van der Waals surface area contributed by atoms with Gasteiger partial charge in [-0.2, -0.15) is 13.2 Å². The molecule has 14 heteroatoms. The van der Waals surface area contributed by atoms with Gasteiger partial charge in [-0.15, -0.1) is 0 Å². The monoisotopic (exact) mass is 473 g/mol. The van der Waals surface area contributed by atoms with Gasteiger partial charge in [-0.25, -0.2) is 36.3 Å². The van der Waals surface area contributed by atoms with Crippen LogP contribution in [0.15, 0.2) is 30.6 Å². The maximum absolute atomic E-state index is 13.3. The van der Waals surface area contributed by atoms with Crippen LogP contribution in [-0.2, 0) is 26.7 Å². The van der Waals surface area contributed by atoms with Crippen molar-refractivity contribution in [1.82, 2.24) is 9.97 Å². The van der Waals surface area contributed by atoms with E-state index in [2.05, 4.69) is 14.7 Å². The van der Waals surface area contributed by atoms with Gasteiger partial charge in [0, 0.05) is 17.4 Å². The Kier molecular flexibility index (Phi) is 7.18. The molecule has 0 radical (unpaired) electrons. The first-order valence-corrected chi connectivity index (χ1v) is 9.89. The summed E-state index contributed by atoms with van der Waals surface area (Å²) in [6.07, 6.45) is -6.29. The first-order chi connectivity index (χ1) is 13.9. The highest BCUT2D eigenvalue weighted by Crippen LogP contribution is 2.36. The molecule has 0 atom stereocenters. The van der Waals surface area contributed by atoms with E-state index in [0.717, 1.165) is 31.6 Å². The van der Waals surface area contributed by atoms with E-state index >= 15 is 0 Å². The number of alkyl halides is 5. The molecule has 0 spiro atoms. The van der Waals surface area contributed by atoms with E-state index in [-0.39, 0.29) is 4.31 Å². The lowest BCUT2D eigenvalue weighted by Crippen LogP contribution is -2.38. The summed E-state index contributed by atoms with van der Waals surface area (Å²) in [6, 6.07) is 2.61. The maximum atomic E-state index is 13.3. The highest BCUT2D eigenvalue weighted by Gasteiger charge is 2.38. The van der Waals surface area contributed by atoms with Crippen LogP contribution in [-0.4, -0.2) is 44.4 Å². The second kappa shape index (κ2) is 9.08. The van der Waals surface area contributed by atoms with Crippen molar-refractivity contribution in [1.29, 1.82) is 0 Å². The van der Waals surface area contributed by atoms with Crippen molar-refractivity contribution in [3.63, 3.8) is 0 Å². The molecule has 2 aromatic rings. The molecule has 0 saturated carbocycles. The average Bonchev–Trinajstić information content (AvgIpc) is 2.66. The molecule has 0 aliphatic heterocycles. The number of hydrogen-bond donors (Lipinski definition) is 0.